The number of aromatic nitrogens is 3. The van der Waals surface area contributed by atoms with Crippen LogP contribution in [0.1, 0.15) is 15.9 Å². The van der Waals surface area contributed by atoms with Crippen LogP contribution in [0.4, 0.5) is 5.13 Å². The van der Waals surface area contributed by atoms with Crippen LogP contribution in [0.3, 0.4) is 0 Å². The number of carbonyl (C=O) groups excluding carboxylic acids is 1. The van der Waals surface area contributed by atoms with Crippen molar-refractivity contribution in [2.24, 2.45) is 0 Å². The minimum absolute atomic E-state index is 0.382. The van der Waals surface area contributed by atoms with Crippen molar-refractivity contribution in [3.05, 3.63) is 88.4 Å². The summed E-state index contributed by atoms with van der Waals surface area (Å²) in [6.07, 6.45) is 0. The van der Waals surface area contributed by atoms with E-state index in [9.17, 15) is 4.79 Å². The second kappa shape index (κ2) is 8.78. The Balaban J connectivity index is 1.55. The van der Waals surface area contributed by atoms with Crippen molar-refractivity contribution >= 4 is 48.5 Å². The number of nitrogens with zero attached hydrogens (tertiary/aromatic N) is 3. The third-order valence-corrected chi connectivity index (χ3v) is 6.65. The molecule has 7 nitrogen and oxygen atoms in total. The van der Waals surface area contributed by atoms with Crippen molar-refractivity contribution in [3.63, 3.8) is 0 Å². The lowest BCUT2D eigenvalue weighted by molar-refractivity contribution is 0.0706. The first kappa shape index (κ1) is 21.3. The first-order chi connectivity index (χ1) is 16.0. The molecule has 164 valence electrons. The third-order valence-electron chi connectivity index (χ3n) is 5.27. The highest BCUT2D eigenvalue weighted by atomic mass is 79.9. The number of nitrogens with two attached hydrogens (primary N) is 1. The summed E-state index contributed by atoms with van der Waals surface area (Å²) in [4.78, 5) is 15.9. The largest absolute Gasteiger partial charge is 0.375 e. The number of halogens is 1. The maximum atomic E-state index is 11.6. The van der Waals surface area contributed by atoms with Crippen LogP contribution in [0.5, 0.6) is 0 Å². The van der Waals surface area contributed by atoms with Crippen molar-refractivity contribution in [3.8, 4) is 22.5 Å². The van der Waals surface area contributed by atoms with Crippen LogP contribution in [-0.2, 0) is 6.54 Å². The Hall–Kier alpha value is -3.53. The Morgan fingerprint density at radius 2 is 1.76 bits per heavy atom. The SMILES string of the molecule is Nc1nc2ccc(-c3cc(-c4ccc(Br)cc4)n(Cc4ccc(C(=O)NO)cc4)n3)cc2s1. The molecule has 5 rings (SSSR count). The van der Waals surface area contributed by atoms with E-state index in [1.807, 2.05) is 53.2 Å². The van der Waals surface area contributed by atoms with E-state index in [2.05, 4.69) is 33.0 Å². The van der Waals surface area contributed by atoms with Crippen molar-refractivity contribution in [1.82, 2.24) is 20.2 Å². The molecule has 0 saturated heterocycles. The molecule has 3 aromatic carbocycles. The number of fused-ring (bicyclic) bond motifs is 1. The van der Waals surface area contributed by atoms with Crippen LogP contribution in [0.25, 0.3) is 32.7 Å². The second-order valence-electron chi connectivity index (χ2n) is 7.45. The molecule has 0 fully saturated rings. The van der Waals surface area contributed by atoms with Crippen LogP contribution >= 0.6 is 27.3 Å². The van der Waals surface area contributed by atoms with E-state index in [-0.39, 0.29) is 0 Å². The molecule has 0 aliphatic carbocycles. The molecule has 0 aliphatic heterocycles. The molecule has 0 bridgehead atoms. The van der Waals surface area contributed by atoms with Crippen molar-refractivity contribution in [1.29, 1.82) is 0 Å². The van der Waals surface area contributed by atoms with Crippen LogP contribution in [0, 0.1) is 0 Å². The van der Waals surface area contributed by atoms with Gasteiger partial charge in [0.05, 0.1) is 28.1 Å². The Kier molecular flexibility index (Phi) is 5.67. The normalized spacial score (nSPS) is 11.1. The van der Waals surface area contributed by atoms with Gasteiger partial charge in [0.1, 0.15) is 0 Å². The van der Waals surface area contributed by atoms with Gasteiger partial charge in [0, 0.05) is 15.6 Å². The van der Waals surface area contributed by atoms with E-state index in [1.54, 1.807) is 17.6 Å². The minimum Gasteiger partial charge on any atom is -0.375 e. The molecule has 4 N–H and O–H groups in total. The summed E-state index contributed by atoms with van der Waals surface area (Å²) >= 11 is 4.95. The van der Waals surface area contributed by atoms with Gasteiger partial charge in [-0.1, -0.05) is 57.6 Å². The van der Waals surface area contributed by atoms with Gasteiger partial charge in [0.25, 0.3) is 5.91 Å². The number of nitrogen functional groups attached to an aromatic ring is 1. The number of amides is 1. The lowest BCUT2D eigenvalue weighted by atomic mass is 10.1. The number of hydrogen-bond acceptors (Lipinski definition) is 6. The summed E-state index contributed by atoms with van der Waals surface area (Å²) in [5, 5.41) is 14.3. The fraction of sp³-hybridized carbons (Fsp3) is 0.0417. The number of carbonyl (C=O) groups is 1. The van der Waals surface area contributed by atoms with E-state index >= 15 is 0 Å². The number of anilines is 1. The van der Waals surface area contributed by atoms with Gasteiger partial charge in [-0.25, -0.2) is 10.5 Å². The Morgan fingerprint density at radius 3 is 2.48 bits per heavy atom. The second-order valence-corrected chi connectivity index (χ2v) is 9.43. The van der Waals surface area contributed by atoms with Gasteiger partial charge >= 0.3 is 0 Å². The fourth-order valence-corrected chi connectivity index (χ4v) is 4.67. The maximum absolute atomic E-state index is 11.6. The average Bonchev–Trinajstić information content (AvgIpc) is 3.41. The van der Waals surface area contributed by atoms with Gasteiger partial charge in [0.15, 0.2) is 5.13 Å². The molecule has 2 aromatic heterocycles. The zero-order valence-electron chi connectivity index (χ0n) is 17.2. The maximum Gasteiger partial charge on any atom is 0.274 e. The summed E-state index contributed by atoms with van der Waals surface area (Å²) < 4.78 is 3.97. The van der Waals surface area contributed by atoms with E-state index in [0.29, 0.717) is 17.2 Å². The van der Waals surface area contributed by atoms with Gasteiger partial charge in [-0.2, -0.15) is 5.10 Å². The number of hydrogen-bond donors (Lipinski definition) is 3. The van der Waals surface area contributed by atoms with Crippen molar-refractivity contribution in [2.75, 3.05) is 5.73 Å². The Labute approximate surface area is 201 Å². The van der Waals surface area contributed by atoms with Gasteiger partial charge < -0.3 is 5.73 Å². The van der Waals surface area contributed by atoms with E-state index in [1.165, 1.54) is 11.3 Å². The zero-order chi connectivity index (χ0) is 22.9. The number of nitrogens with one attached hydrogen (secondary N) is 1. The van der Waals surface area contributed by atoms with E-state index < -0.39 is 5.91 Å². The van der Waals surface area contributed by atoms with Crippen LogP contribution < -0.4 is 11.2 Å². The summed E-state index contributed by atoms with van der Waals surface area (Å²) in [6, 6.07) is 23.2. The molecule has 5 aromatic rings. The summed E-state index contributed by atoms with van der Waals surface area (Å²) in [6.45, 7) is 0.516. The molecule has 0 aliphatic rings. The number of hydroxylamine groups is 1. The lowest BCUT2D eigenvalue weighted by Gasteiger charge is -2.09. The molecule has 1 amide bonds. The molecule has 0 atom stereocenters. The predicted molar refractivity (Wildman–Crippen MR) is 133 cm³/mol. The molecule has 2 heterocycles. The number of rotatable bonds is 5. The van der Waals surface area contributed by atoms with E-state index in [4.69, 9.17) is 16.0 Å². The van der Waals surface area contributed by atoms with Crippen molar-refractivity contribution in [2.45, 2.75) is 6.54 Å². The third kappa shape index (κ3) is 4.38. The monoisotopic (exact) mass is 519 g/mol. The Bertz CT molecular complexity index is 1460. The van der Waals surface area contributed by atoms with Crippen LogP contribution in [0.15, 0.2) is 77.3 Å². The quantitative estimate of drug-likeness (QED) is 0.214. The first-order valence-electron chi connectivity index (χ1n) is 10.0. The summed E-state index contributed by atoms with van der Waals surface area (Å²) in [5.74, 6) is -0.544. The summed E-state index contributed by atoms with van der Waals surface area (Å²) in [5.41, 5.74) is 13.6. The Morgan fingerprint density at radius 1 is 1.03 bits per heavy atom. The van der Waals surface area contributed by atoms with Gasteiger partial charge in [-0.3, -0.25) is 14.7 Å². The molecule has 0 spiro atoms. The lowest BCUT2D eigenvalue weighted by Crippen LogP contribution is -2.18. The van der Waals surface area contributed by atoms with Gasteiger partial charge in [-0.05, 0) is 53.6 Å². The average molecular weight is 520 g/mol. The van der Waals surface area contributed by atoms with Crippen LogP contribution in [0.2, 0.25) is 0 Å². The molecule has 9 heteroatoms. The highest BCUT2D eigenvalue weighted by Crippen LogP contribution is 2.32. The molecule has 0 saturated carbocycles. The molecular weight excluding hydrogens is 502 g/mol. The first-order valence-corrected chi connectivity index (χ1v) is 11.6. The van der Waals surface area contributed by atoms with E-state index in [0.717, 1.165) is 42.8 Å². The van der Waals surface area contributed by atoms with Gasteiger partial charge in [-0.15, -0.1) is 0 Å². The smallest absolute Gasteiger partial charge is 0.274 e. The molecule has 33 heavy (non-hydrogen) atoms. The standard InChI is InChI=1S/C24H18BrN5O2S/c25-18-8-5-15(6-9-18)21-12-20(17-7-10-19-22(11-17)33-24(26)27-19)28-30(21)13-14-1-3-16(4-2-14)23(31)29-32/h1-12,32H,13H2,(H2,26,27)(H,29,31). The summed E-state index contributed by atoms with van der Waals surface area (Å²) in [7, 11) is 0. The highest BCUT2D eigenvalue weighted by Gasteiger charge is 2.14. The minimum atomic E-state index is -0.544. The van der Waals surface area contributed by atoms with Crippen LogP contribution in [-0.4, -0.2) is 25.9 Å². The predicted octanol–water partition coefficient (Wildman–Crippen LogP) is 5.34. The number of benzene rings is 3. The molecular formula is C24H18BrN5O2S. The fourth-order valence-electron chi connectivity index (χ4n) is 3.63. The highest BCUT2D eigenvalue weighted by molar-refractivity contribution is 9.10. The topological polar surface area (TPSA) is 106 Å². The molecule has 0 radical (unpaired) electrons. The van der Waals surface area contributed by atoms with Crippen molar-refractivity contribution < 1.29 is 10.0 Å². The zero-order valence-corrected chi connectivity index (χ0v) is 19.6. The number of thiazole rings is 1. The molecule has 0 unspecified atom stereocenters. The van der Waals surface area contributed by atoms with Gasteiger partial charge in [0.2, 0.25) is 0 Å².